The topological polar surface area (TPSA) is 67.1 Å². The van der Waals surface area contributed by atoms with E-state index in [-0.39, 0.29) is 24.0 Å². The Balaban J connectivity index is 0.00000289. The van der Waals surface area contributed by atoms with Gasteiger partial charge in [-0.25, -0.2) is 0 Å². The van der Waals surface area contributed by atoms with E-state index < -0.39 is 0 Å². The highest BCUT2D eigenvalue weighted by Gasteiger charge is 2.01. The average molecular weight is 366 g/mol. The molecule has 1 rings (SSSR count). The lowest BCUT2D eigenvalue weighted by Gasteiger charge is -2.11. The third-order valence-electron chi connectivity index (χ3n) is 2.42. The summed E-state index contributed by atoms with van der Waals surface area (Å²) in [5.74, 6) is 1.86. The first kappa shape index (κ1) is 17.1. The first-order chi connectivity index (χ1) is 8.31. The number of nitrogens with zero attached hydrogens (tertiary/aromatic N) is 4. The minimum Gasteiger partial charge on any atom is -0.356 e. The molecule has 0 bridgehead atoms. The largest absolute Gasteiger partial charge is 0.356 e. The predicted molar refractivity (Wildman–Crippen MR) is 84.5 cm³/mol. The monoisotopic (exact) mass is 366 g/mol. The van der Waals surface area contributed by atoms with Gasteiger partial charge in [0.2, 0.25) is 0 Å². The molecule has 1 aromatic rings. The van der Waals surface area contributed by atoms with Crippen LogP contribution in [0.15, 0.2) is 11.3 Å². The molecule has 0 amide bonds. The van der Waals surface area contributed by atoms with Crippen molar-refractivity contribution in [2.24, 2.45) is 4.99 Å². The molecule has 0 saturated carbocycles. The maximum absolute atomic E-state index is 4.14. The van der Waals surface area contributed by atoms with Crippen LogP contribution in [0.3, 0.4) is 0 Å². The van der Waals surface area contributed by atoms with E-state index in [0.717, 1.165) is 44.3 Å². The number of aryl methyl sites for hydroxylation is 1. The SMILES string of the molecule is CCCNC(=NC)NCCn1cnnc1CC.I. The maximum Gasteiger partial charge on any atom is 0.191 e. The van der Waals surface area contributed by atoms with Gasteiger partial charge in [-0.3, -0.25) is 4.99 Å². The molecule has 0 fully saturated rings. The Labute approximate surface area is 126 Å². The minimum absolute atomic E-state index is 0. The van der Waals surface area contributed by atoms with Crippen molar-refractivity contribution in [3.05, 3.63) is 12.2 Å². The highest BCUT2D eigenvalue weighted by Crippen LogP contribution is 1.94. The van der Waals surface area contributed by atoms with Gasteiger partial charge in [0.1, 0.15) is 12.2 Å². The van der Waals surface area contributed by atoms with E-state index in [1.54, 1.807) is 13.4 Å². The summed E-state index contributed by atoms with van der Waals surface area (Å²) in [6, 6.07) is 0. The zero-order valence-corrected chi connectivity index (χ0v) is 13.6. The zero-order chi connectivity index (χ0) is 12.5. The van der Waals surface area contributed by atoms with E-state index >= 15 is 0 Å². The van der Waals surface area contributed by atoms with Crippen molar-refractivity contribution in [3.63, 3.8) is 0 Å². The molecule has 1 heterocycles. The number of halogens is 1. The fourth-order valence-electron chi connectivity index (χ4n) is 1.50. The van der Waals surface area contributed by atoms with Crippen LogP contribution in [-0.4, -0.2) is 40.9 Å². The Morgan fingerprint density at radius 2 is 2.06 bits per heavy atom. The smallest absolute Gasteiger partial charge is 0.191 e. The zero-order valence-electron chi connectivity index (χ0n) is 11.3. The van der Waals surface area contributed by atoms with E-state index in [4.69, 9.17) is 0 Å². The molecular formula is C11H23IN6. The fraction of sp³-hybridized carbons (Fsp3) is 0.727. The number of guanidine groups is 1. The van der Waals surface area contributed by atoms with Crippen molar-refractivity contribution in [2.75, 3.05) is 20.1 Å². The number of hydrogen-bond acceptors (Lipinski definition) is 3. The molecule has 0 saturated heterocycles. The molecule has 0 aliphatic heterocycles. The van der Waals surface area contributed by atoms with E-state index in [2.05, 4.69) is 44.2 Å². The van der Waals surface area contributed by atoms with Crippen LogP contribution in [0.1, 0.15) is 26.1 Å². The Bertz CT molecular complexity index is 349. The molecule has 1 aromatic heterocycles. The quantitative estimate of drug-likeness (QED) is 0.449. The van der Waals surface area contributed by atoms with Crippen molar-refractivity contribution in [1.82, 2.24) is 25.4 Å². The highest BCUT2D eigenvalue weighted by atomic mass is 127. The lowest BCUT2D eigenvalue weighted by molar-refractivity contribution is 0.632. The van der Waals surface area contributed by atoms with Crippen LogP contribution in [-0.2, 0) is 13.0 Å². The van der Waals surface area contributed by atoms with Gasteiger partial charge in [0.15, 0.2) is 5.96 Å². The molecular weight excluding hydrogens is 343 g/mol. The summed E-state index contributed by atoms with van der Waals surface area (Å²) in [6.45, 7) is 6.81. The van der Waals surface area contributed by atoms with Crippen LogP contribution in [0.25, 0.3) is 0 Å². The van der Waals surface area contributed by atoms with E-state index in [9.17, 15) is 0 Å². The normalized spacial score (nSPS) is 10.9. The summed E-state index contributed by atoms with van der Waals surface area (Å²) in [6.07, 6.45) is 3.76. The third-order valence-corrected chi connectivity index (χ3v) is 2.42. The van der Waals surface area contributed by atoms with Gasteiger partial charge in [0, 0.05) is 33.1 Å². The Morgan fingerprint density at radius 1 is 1.33 bits per heavy atom. The lowest BCUT2D eigenvalue weighted by atomic mass is 10.4. The van der Waals surface area contributed by atoms with E-state index in [1.807, 2.05) is 0 Å². The van der Waals surface area contributed by atoms with Gasteiger partial charge >= 0.3 is 0 Å². The minimum atomic E-state index is 0. The van der Waals surface area contributed by atoms with Crippen LogP contribution >= 0.6 is 24.0 Å². The van der Waals surface area contributed by atoms with Gasteiger partial charge in [-0.2, -0.15) is 0 Å². The number of aromatic nitrogens is 3. The summed E-state index contributed by atoms with van der Waals surface area (Å²) in [5.41, 5.74) is 0. The number of nitrogens with one attached hydrogen (secondary N) is 2. The Hall–Kier alpha value is -0.860. The van der Waals surface area contributed by atoms with Gasteiger partial charge in [-0.15, -0.1) is 34.2 Å². The summed E-state index contributed by atoms with van der Waals surface area (Å²) in [5, 5.41) is 14.4. The molecule has 0 aliphatic carbocycles. The number of rotatable bonds is 6. The van der Waals surface area contributed by atoms with Crippen LogP contribution in [0.4, 0.5) is 0 Å². The van der Waals surface area contributed by atoms with Crippen LogP contribution in [0.5, 0.6) is 0 Å². The summed E-state index contributed by atoms with van der Waals surface area (Å²) >= 11 is 0. The van der Waals surface area contributed by atoms with Crippen molar-refractivity contribution in [1.29, 1.82) is 0 Å². The number of aliphatic imine (C=N–C) groups is 1. The first-order valence-corrected chi connectivity index (χ1v) is 6.13. The molecule has 0 spiro atoms. The van der Waals surface area contributed by atoms with Crippen molar-refractivity contribution in [2.45, 2.75) is 33.2 Å². The summed E-state index contributed by atoms with van der Waals surface area (Å²) in [4.78, 5) is 4.14. The molecule has 0 aliphatic rings. The molecule has 104 valence electrons. The second-order valence-electron chi connectivity index (χ2n) is 3.72. The second-order valence-corrected chi connectivity index (χ2v) is 3.72. The van der Waals surface area contributed by atoms with Crippen LogP contribution in [0.2, 0.25) is 0 Å². The standard InChI is InChI=1S/C11H22N6.HI/c1-4-6-13-11(12-3)14-7-8-17-9-15-16-10(17)5-2;/h9H,4-8H2,1-3H3,(H2,12,13,14);1H. The van der Waals surface area contributed by atoms with Gasteiger partial charge in [0.25, 0.3) is 0 Å². The third kappa shape index (κ3) is 5.65. The molecule has 0 aromatic carbocycles. The van der Waals surface area contributed by atoms with Gasteiger partial charge in [-0.05, 0) is 6.42 Å². The van der Waals surface area contributed by atoms with Crippen molar-refractivity contribution >= 4 is 29.9 Å². The predicted octanol–water partition coefficient (Wildman–Crippen LogP) is 1.03. The van der Waals surface area contributed by atoms with Crippen LogP contribution in [0, 0.1) is 0 Å². The molecule has 0 unspecified atom stereocenters. The van der Waals surface area contributed by atoms with Crippen molar-refractivity contribution < 1.29 is 0 Å². The summed E-state index contributed by atoms with van der Waals surface area (Å²) in [7, 11) is 1.78. The fourth-order valence-corrected chi connectivity index (χ4v) is 1.50. The average Bonchev–Trinajstić information content (AvgIpc) is 2.81. The van der Waals surface area contributed by atoms with Gasteiger partial charge < -0.3 is 15.2 Å². The molecule has 0 atom stereocenters. The second kappa shape index (κ2) is 10.1. The van der Waals surface area contributed by atoms with Gasteiger partial charge in [-0.1, -0.05) is 13.8 Å². The molecule has 18 heavy (non-hydrogen) atoms. The van der Waals surface area contributed by atoms with Crippen molar-refractivity contribution in [3.8, 4) is 0 Å². The Kier molecular flexibility index (Phi) is 9.62. The number of hydrogen-bond donors (Lipinski definition) is 2. The Morgan fingerprint density at radius 3 is 2.67 bits per heavy atom. The lowest BCUT2D eigenvalue weighted by Crippen LogP contribution is -2.39. The highest BCUT2D eigenvalue weighted by molar-refractivity contribution is 14.0. The molecule has 7 heteroatoms. The molecule has 0 radical (unpaired) electrons. The van der Waals surface area contributed by atoms with E-state index in [1.165, 1.54) is 0 Å². The molecule has 2 N–H and O–H groups in total. The first-order valence-electron chi connectivity index (χ1n) is 6.13. The van der Waals surface area contributed by atoms with Crippen LogP contribution < -0.4 is 10.6 Å². The summed E-state index contributed by atoms with van der Waals surface area (Å²) < 4.78 is 2.06. The van der Waals surface area contributed by atoms with E-state index in [0.29, 0.717) is 0 Å². The van der Waals surface area contributed by atoms with Gasteiger partial charge in [0.05, 0.1) is 0 Å². The molecule has 6 nitrogen and oxygen atoms in total. The maximum atomic E-state index is 4.14.